The number of hydrogen-bond donors (Lipinski definition) is 0. The molecule has 0 amide bonds. The molecule has 5 nitrogen and oxygen atoms in total. The van der Waals surface area contributed by atoms with E-state index in [2.05, 4.69) is 13.8 Å². The van der Waals surface area contributed by atoms with Crippen molar-refractivity contribution < 1.29 is 18.4 Å². The molecule has 0 aliphatic carbocycles. The normalized spacial score (nSPS) is 11.5. The lowest BCUT2D eigenvalue weighted by molar-refractivity contribution is -0.138. The molecule has 3 aromatic rings. The van der Waals surface area contributed by atoms with Gasteiger partial charge in [-0.05, 0) is 54.3 Å². The summed E-state index contributed by atoms with van der Waals surface area (Å²) in [6.07, 6.45) is 4.34. The highest BCUT2D eigenvalue weighted by atomic mass is 16.5. The maximum absolute atomic E-state index is 11.9. The number of aryl methyl sites for hydroxylation is 1. The summed E-state index contributed by atoms with van der Waals surface area (Å²) in [6.45, 7) is 6.18. The highest BCUT2D eigenvalue weighted by Gasteiger charge is 2.12. The van der Waals surface area contributed by atoms with Crippen molar-refractivity contribution in [3.05, 3.63) is 75.5 Å². The van der Waals surface area contributed by atoms with Gasteiger partial charge in [0.05, 0.1) is 6.26 Å². The van der Waals surface area contributed by atoms with Crippen molar-refractivity contribution in [2.45, 2.75) is 33.3 Å². The first-order valence-electron chi connectivity index (χ1n) is 8.39. The third-order valence-electron chi connectivity index (χ3n) is 4.14. The Morgan fingerprint density at radius 2 is 2.08 bits per heavy atom. The minimum atomic E-state index is -0.515. The summed E-state index contributed by atoms with van der Waals surface area (Å²) >= 11 is 0. The second-order valence-corrected chi connectivity index (χ2v) is 6.41. The Bertz CT molecular complexity index is 1010. The minimum absolute atomic E-state index is 0.00990. The number of rotatable bonds is 5. The van der Waals surface area contributed by atoms with Crippen LogP contribution in [0.3, 0.4) is 0 Å². The van der Waals surface area contributed by atoms with E-state index in [1.807, 2.05) is 19.1 Å². The Labute approximate surface area is 150 Å². The number of carbonyl (C=O) groups excluding carboxylic acids is 1. The Kier molecular flexibility index (Phi) is 5.07. The molecule has 3 rings (SSSR count). The Morgan fingerprint density at radius 1 is 1.27 bits per heavy atom. The van der Waals surface area contributed by atoms with Crippen LogP contribution in [0.5, 0.6) is 0 Å². The molecule has 0 bridgehead atoms. The van der Waals surface area contributed by atoms with Crippen LogP contribution in [0.1, 0.15) is 42.2 Å². The van der Waals surface area contributed by atoms with E-state index in [1.54, 1.807) is 12.1 Å². The van der Waals surface area contributed by atoms with E-state index in [9.17, 15) is 9.59 Å². The molecular formula is C21H20O5. The molecule has 2 heterocycles. The monoisotopic (exact) mass is 352 g/mol. The first-order valence-corrected chi connectivity index (χ1v) is 8.39. The fourth-order valence-electron chi connectivity index (χ4n) is 2.87. The molecule has 1 aromatic carbocycles. The van der Waals surface area contributed by atoms with Crippen molar-refractivity contribution in [2.24, 2.45) is 0 Å². The van der Waals surface area contributed by atoms with Crippen LogP contribution in [-0.4, -0.2) is 5.97 Å². The van der Waals surface area contributed by atoms with E-state index < -0.39 is 11.6 Å². The smallest absolute Gasteiger partial charge is 0.336 e. The molecule has 0 spiro atoms. The maximum atomic E-state index is 11.9. The van der Waals surface area contributed by atoms with E-state index in [-0.39, 0.29) is 6.61 Å². The molecule has 0 radical (unpaired) electrons. The number of fused-ring (bicyclic) bond motifs is 1. The molecule has 134 valence electrons. The number of ether oxygens (including phenoxy) is 1. The Balaban J connectivity index is 1.85. The van der Waals surface area contributed by atoms with Crippen LogP contribution in [0, 0.1) is 6.92 Å². The molecule has 0 aliphatic heterocycles. The van der Waals surface area contributed by atoms with E-state index in [1.165, 1.54) is 24.5 Å². The molecule has 0 aliphatic rings. The average Bonchev–Trinajstić information content (AvgIpc) is 3.10. The topological polar surface area (TPSA) is 69.7 Å². The number of hydrogen-bond acceptors (Lipinski definition) is 5. The third-order valence-corrected chi connectivity index (χ3v) is 4.14. The Hall–Kier alpha value is -3.08. The standard InChI is InChI=1S/C21H20O5/c1-13(2)17-11-18-15(10-21(23)26-19(18)9-14(17)3)12-25-20(22)7-6-16-5-4-8-24-16/h4-11,13H,12H2,1-3H3/b7-6+. The zero-order chi connectivity index (χ0) is 18.7. The summed E-state index contributed by atoms with van der Waals surface area (Å²) in [6, 6.07) is 8.68. The number of furan rings is 1. The van der Waals surface area contributed by atoms with Crippen molar-refractivity contribution in [1.29, 1.82) is 0 Å². The molecule has 0 N–H and O–H groups in total. The van der Waals surface area contributed by atoms with Crippen molar-refractivity contribution in [1.82, 2.24) is 0 Å². The van der Waals surface area contributed by atoms with Gasteiger partial charge in [0, 0.05) is 23.1 Å². The fourth-order valence-corrected chi connectivity index (χ4v) is 2.87. The molecule has 5 heteroatoms. The van der Waals surface area contributed by atoms with Crippen molar-refractivity contribution in [2.75, 3.05) is 0 Å². The first kappa shape index (κ1) is 17.7. The van der Waals surface area contributed by atoms with Crippen LogP contribution in [0.15, 0.2) is 56.3 Å². The fraction of sp³-hybridized carbons (Fsp3) is 0.238. The van der Waals surface area contributed by atoms with Gasteiger partial charge < -0.3 is 13.6 Å². The molecular weight excluding hydrogens is 332 g/mol. The molecule has 0 unspecified atom stereocenters. The van der Waals surface area contributed by atoms with E-state index in [0.29, 0.717) is 22.8 Å². The van der Waals surface area contributed by atoms with E-state index in [0.717, 1.165) is 16.5 Å². The first-order chi connectivity index (χ1) is 12.4. The predicted octanol–water partition coefficient (Wildman–Crippen LogP) is 4.57. The van der Waals surface area contributed by atoms with Gasteiger partial charge in [0.1, 0.15) is 18.0 Å². The second kappa shape index (κ2) is 7.44. The van der Waals surface area contributed by atoms with Gasteiger partial charge >= 0.3 is 11.6 Å². The van der Waals surface area contributed by atoms with Crippen LogP contribution in [0.25, 0.3) is 17.0 Å². The molecule has 0 saturated heterocycles. The number of esters is 1. The van der Waals surface area contributed by atoms with Gasteiger partial charge in [0.15, 0.2) is 0 Å². The molecule has 0 atom stereocenters. The van der Waals surface area contributed by atoms with Gasteiger partial charge in [-0.15, -0.1) is 0 Å². The lowest BCUT2D eigenvalue weighted by atomic mass is 9.95. The molecule has 26 heavy (non-hydrogen) atoms. The predicted molar refractivity (Wildman–Crippen MR) is 98.8 cm³/mol. The zero-order valence-electron chi connectivity index (χ0n) is 14.9. The van der Waals surface area contributed by atoms with Gasteiger partial charge in [-0.2, -0.15) is 0 Å². The Morgan fingerprint density at radius 3 is 2.77 bits per heavy atom. The lowest BCUT2D eigenvalue weighted by Crippen LogP contribution is -2.06. The lowest BCUT2D eigenvalue weighted by Gasteiger charge is -2.13. The highest BCUT2D eigenvalue weighted by Crippen LogP contribution is 2.27. The quantitative estimate of drug-likeness (QED) is 0.382. The van der Waals surface area contributed by atoms with Gasteiger partial charge in [-0.1, -0.05) is 13.8 Å². The van der Waals surface area contributed by atoms with Gasteiger partial charge in [0.2, 0.25) is 0 Å². The second-order valence-electron chi connectivity index (χ2n) is 6.41. The summed E-state index contributed by atoms with van der Waals surface area (Å²) in [7, 11) is 0. The van der Waals surface area contributed by atoms with Gasteiger partial charge in [0.25, 0.3) is 0 Å². The summed E-state index contributed by atoms with van der Waals surface area (Å²) in [5.41, 5.74) is 2.88. The summed E-state index contributed by atoms with van der Waals surface area (Å²) < 4.78 is 15.7. The molecule has 0 saturated carbocycles. The van der Waals surface area contributed by atoms with Crippen molar-refractivity contribution >= 4 is 23.0 Å². The van der Waals surface area contributed by atoms with Gasteiger partial charge in [-0.25, -0.2) is 9.59 Å². The van der Waals surface area contributed by atoms with E-state index in [4.69, 9.17) is 13.6 Å². The highest BCUT2D eigenvalue weighted by molar-refractivity contribution is 5.87. The summed E-state index contributed by atoms with van der Waals surface area (Å²) in [5.74, 6) is 0.377. The number of carbonyl (C=O) groups is 1. The van der Waals surface area contributed by atoms with Crippen LogP contribution >= 0.6 is 0 Å². The zero-order valence-corrected chi connectivity index (χ0v) is 14.9. The largest absolute Gasteiger partial charge is 0.465 e. The molecule has 0 fully saturated rings. The average molecular weight is 352 g/mol. The van der Waals surface area contributed by atoms with Crippen LogP contribution in [0.4, 0.5) is 0 Å². The van der Waals surface area contributed by atoms with Crippen LogP contribution < -0.4 is 5.63 Å². The number of benzene rings is 1. The SMILES string of the molecule is Cc1cc2oc(=O)cc(COC(=O)/C=C/c3ccco3)c2cc1C(C)C. The van der Waals surface area contributed by atoms with E-state index >= 15 is 0 Å². The maximum Gasteiger partial charge on any atom is 0.336 e. The summed E-state index contributed by atoms with van der Waals surface area (Å²) in [4.78, 5) is 23.7. The van der Waals surface area contributed by atoms with Crippen molar-refractivity contribution in [3.8, 4) is 0 Å². The van der Waals surface area contributed by atoms with Crippen molar-refractivity contribution in [3.63, 3.8) is 0 Å². The van der Waals surface area contributed by atoms with Crippen LogP contribution in [0.2, 0.25) is 0 Å². The third kappa shape index (κ3) is 3.94. The van der Waals surface area contributed by atoms with Gasteiger partial charge in [-0.3, -0.25) is 0 Å². The molecule has 2 aromatic heterocycles. The minimum Gasteiger partial charge on any atom is -0.465 e. The summed E-state index contributed by atoms with van der Waals surface area (Å²) in [5, 5.41) is 0.779. The van der Waals surface area contributed by atoms with Crippen LogP contribution in [-0.2, 0) is 16.1 Å².